The number of nitrogens with two attached hydrogens (primary N) is 1. The van der Waals surface area contributed by atoms with Gasteiger partial charge in [-0.1, -0.05) is 30.3 Å². The van der Waals surface area contributed by atoms with E-state index in [4.69, 9.17) is 11.1 Å². The van der Waals surface area contributed by atoms with Crippen molar-refractivity contribution in [3.8, 4) is 5.69 Å². The fourth-order valence-corrected chi connectivity index (χ4v) is 2.63. The van der Waals surface area contributed by atoms with Gasteiger partial charge in [-0.15, -0.1) is 0 Å². The molecule has 0 fully saturated rings. The monoisotopic (exact) mass is 320 g/mol. The van der Waals surface area contributed by atoms with E-state index in [-0.39, 0.29) is 11.1 Å². The van der Waals surface area contributed by atoms with Gasteiger partial charge in [0.25, 0.3) is 11.5 Å². The van der Waals surface area contributed by atoms with Crippen LogP contribution in [0.2, 0.25) is 0 Å². The molecule has 0 saturated carbocycles. The van der Waals surface area contributed by atoms with Crippen LogP contribution in [0.25, 0.3) is 16.5 Å². The summed E-state index contributed by atoms with van der Waals surface area (Å²) in [4.78, 5) is 25.2. The molecule has 6 heteroatoms. The van der Waals surface area contributed by atoms with Gasteiger partial charge in [0.05, 0.1) is 5.56 Å². The van der Waals surface area contributed by atoms with Crippen molar-refractivity contribution in [3.05, 3.63) is 76.2 Å². The summed E-state index contributed by atoms with van der Waals surface area (Å²) in [5.74, 6) is -0.975. The summed E-state index contributed by atoms with van der Waals surface area (Å²) in [6.07, 6.45) is 1.48. The molecule has 0 saturated heterocycles. The van der Waals surface area contributed by atoms with Crippen molar-refractivity contribution in [3.63, 3.8) is 0 Å². The molecule has 4 N–H and O–H groups in total. The highest BCUT2D eigenvalue weighted by Crippen LogP contribution is 2.18. The van der Waals surface area contributed by atoms with Crippen LogP contribution in [-0.2, 0) is 0 Å². The minimum atomic E-state index is -0.528. The molecule has 1 aromatic heterocycles. The van der Waals surface area contributed by atoms with E-state index in [1.165, 1.54) is 10.8 Å². The first-order chi connectivity index (χ1) is 11.5. The van der Waals surface area contributed by atoms with Gasteiger partial charge in [0.1, 0.15) is 0 Å². The van der Waals surface area contributed by atoms with Crippen molar-refractivity contribution >= 4 is 22.6 Å². The molecule has 0 atom stereocenters. The van der Waals surface area contributed by atoms with E-state index in [2.05, 4.69) is 5.32 Å². The largest absolute Gasteiger partial charge is 0.370 e. The first-order valence-corrected chi connectivity index (χ1v) is 7.34. The lowest BCUT2D eigenvalue weighted by Gasteiger charge is -2.12. The summed E-state index contributed by atoms with van der Waals surface area (Å²) in [7, 11) is 0. The van der Waals surface area contributed by atoms with Gasteiger partial charge < -0.3 is 5.73 Å². The van der Waals surface area contributed by atoms with Crippen LogP contribution in [-0.4, -0.2) is 16.4 Å². The first kappa shape index (κ1) is 15.5. The fraction of sp³-hybridized carbons (Fsp3) is 0.0556. The van der Waals surface area contributed by atoms with Gasteiger partial charge in [0.15, 0.2) is 5.96 Å². The molecule has 0 bridgehead atoms. The first-order valence-electron chi connectivity index (χ1n) is 7.34. The zero-order valence-electron chi connectivity index (χ0n) is 13.0. The molecule has 1 amide bonds. The van der Waals surface area contributed by atoms with E-state index in [0.29, 0.717) is 16.5 Å². The van der Waals surface area contributed by atoms with Crippen molar-refractivity contribution in [2.75, 3.05) is 0 Å². The summed E-state index contributed by atoms with van der Waals surface area (Å²) in [6, 6.07) is 14.3. The molecule has 1 heterocycles. The third-order valence-corrected chi connectivity index (χ3v) is 3.70. The number of hydrogen-bond donors (Lipinski definition) is 3. The Labute approximate surface area is 138 Å². The molecule has 0 aliphatic rings. The lowest BCUT2D eigenvalue weighted by molar-refractivity contribution is 0.0977. The predicted octanol–water partition coefficient (Wildman–Crippen LogP) is 1.92. The summed E-state index contributed by atoms with van der Waals surface area (Å²) in [5.41, 5.74) is 6.99. The predicted molar refractivity (Wildman–Crippen MR) is 93.7 cm³/mol. The van der Waals surface area contributed by atoms with Crippen LogP contribution in [0.3, 0.4) is 0 Å². The van der Waals surface area contributed by atoms with E-state index >= 15 is 0 Å². The van der Waals surface area contributed by atoms with Crippen LogP contribution >= 0.6 is 0 Å². The number of aryl methyl sites for hydroxylation is 1. The zero-order valence-corrected chi connectivity index (χ0v) is 13.0. The third-order valence-electron chi connectivity index (χ3n) is 3.70. The van der Waals surface area contributed by atoms with Gasteiger partial charge in [-0.3, -0.25) is 24.9 Å². The van der Waals surface area contributed by atoms with Crippen molar-refractivity contribution in [2.24, 2.45) is 5.73 Å². The van der Waals surface area contributed by atoms with Gasteiger partial charge in [0, 0.05) is 22.7 Å². The van der Waals surface area contributed by atoms with E-state index in [1.54, 1.807) is 30.3 Å². The number of benzene rings is 2. The molecule has 3 rings (SSSR count). The second-order valence-electron chi connectivity index (χ2n) is 5.47. The lowest BCUT2D eigenvalue weighted by Crippen LogP contribution is -2.36. The Kier molecular flexibility index (Phi) is 3.87. The zero-order chi connectivity index (χ0) is 17.3. The Morgan fingerprint density at radius 3 is 2.50 bits per heavy atom. The van der Waals surface area contributed by atoms with E-state index < -0.39 is 11.9 Å². The standard InChI is InChI=1S/C18H16N4O2/c1-11-5-4-6-12(9-11)22-10-15(16(23)21-18(19)20)13-7-2-3-8-14(13)17(22)24/h2-10H,1H3,(H4,19,20,21,23). The highest BCUT2D eigenvalue weighted by Gasteiger charge is 2.15. The van der Waals surface area contributed by atoms with Crippen LogP contribution in [0.1, 0.15) is 15.9 Å². The number of pyridine rings is 1. The van der Waals surface area contributed by atoms with Gasteiger partial charge in [-0.2, -0.15) is 0 Å². The molecule has 3 aromatic rings. The Morgan fingerprint density at radius 1 is 1.12 bits per heavy atom. The molecule has 120 valence electrons. The van der Waals surface area contributed by atoms with Crippen molar-refractivity contribution in [2.45, 2.75) is 6.92 Å². The lowest BCUT2D eigenvalue weighted by atomic mass is 10.1. The summed E-state index contributed by atoms with van der Waals surface area (Å²) < 4.78 is 1.43. The maximum absolute atomic E-state index is 12.8. The smallest absolute Gasteiger partial charge is 0.262 e. The fourth-order valence-electron chi connectivity index (χ4n) is 2.63. The number of nitrogens with zero attached hydrogens (tertiary/aromatic N) is 1. The molecule has 0 unspecified atom stereocenters. The number of carbonyl (C=O) groups excluding carboxylic acids is 1. The normalized spacial score (nSPS) is 10.5. The number of amides is 1. The minimum absolute atomic E-state index is 0.212. The number of hydrogen-bond acceptors (Lipinski definition) is 3. The molecular formula is C18H16N4O2. The molecule has 24 heavy (non-hydrogen) atoms. The van der Waals surface area contributed by atoms with Crippen LogP contribution in [0.5, 0.6) is 0 Å². The molecule has 0 radical (unpaired) electrons. The SMILES string of the molecule is Cc1cccc(-n2cc(C(=O)NC(=N)N)c3ccccc3c2=O)c1. The maximum atomic E-state index is 12.8. The average Bonchev–Trinajstić information content (AvgIpc) is 2.54. The third kappa shape index (κ3) is 2.77. The summed E-state index contributed by atoms with van der Waals surface area (Å²) in [6.45, 7) is 1.93. The number of nitrogens with one attached hydrogen (secondary N) is 2. The highest BCUT2D eigenvalue weighted by atomic mass is 16.2. The van der Waals surface area contributed by atoms with Gasteiger partial charge >= 0.3 is 0 Å². The summed E-state index contributed by atoms with van der Waals surface area (Å²) in [5, 5.41) is 10.5. The molecule has 2 aromatic carbocycles. The van der Waals surface area contributed by atoms with Crippen LogP contribution in [0, 0.1) is 12.3 Å². The van der Waals surface area contributed by atoms with Gasteiger partial charge in [-0.05, 0) is 30.7 Å². The van der Waals surface area contributed by atoms with Crippen molar-refractivity contribution < 1.29 is 4.79 Å². The minimum Gasteiger partial charge on any atom is -0.370 e. The van der Waals surface area contributed by atoms with Gasteiger partial charge in [-0.25, -0.2) is 0 Å². The Bertz CT molecular complexity index is 1020. The number of fused-ring (bicyclic) bond motifs is 1. The second-order valence-corrected chi connectivity index (χ2v) is 5.47. The number of aromatic nitrogens is 1. The molecule has 0 aliphatic heterocycles. The topological polar surface area (TPSA) is 101 Å². The van der Waals surface area contributed by atoms with Gasteiger partial charge in [0.2, 0.25) is 0 Å². The highest BCUT2D eigenvalue weighted by molar-refractivity contribution is 6.11. The maximum Gasteiger partial charge on any atom is 0.262 e. The second kappa shape index (κ2) is 6.00. The van der Waals surface area contributed by atoms with Crippen molar-refractivity contribution in [1.82, 2.24) is 9.88 Å². The molecule has 6 nitrogen and oxygen atoms in total. The number of guanidine groups is 1. The van der Waals surface area contributed by atoms with Crippen LogP contribution in [0.4, 0.5) is 0 Å². The molecule has 0 aliphatic carbocycles. The van der Waals surface area contributed by atoms with Crippen molar-refractivity contribution in [1.29, 1.82) is 5.41 Å². The van der Waals surface area contributed by atoms with E-state index in [1.807, 2.05) is 25.1 Å². The Hall–Kier alpha value is -3.41. The van der Waals surface area contributed by atoms with E-state index in [0.717, 1.165) is 5.56 Å². The quantitative estimate of drug-likeness (QED) is 0.496. The Balaban J connectivity index is 2.32. The number of rotatable bonds is 2. The van der Waals surface area contributed by atoms with E-state index in [9.17, 15) is 9.59 Å². The molecular weight excluding hydrogens is 304 g/mol. The van der Waals surface area contributed by atoms with Crippen LogP contribution in [0.15, 0.2) is 59.5 Å². The van der Waals surface area contributed by atoms with Crippen LogP contribution < -0.4 is 16.6 Å². The number of carbonyl (C=O) groups is 1. The molecule has 0 spiro atoms. The Morgan fingerprint density at radius 2 is 1.83 bits per heavy atom. The average molecular weight is 320 g/mol. The summed E-state index contributed by atoms with van der Waals surface area (Å²) >= 11 is 0.